The summed E-state index contributed by atoms with van der Waals surface area (Å²) in [6.07, 6.45) is 3.72. The van der Waals surface area contributed by atoms with Crippen molar-refractivity contribution in [3.63, 3.8) is 0 Å². The van der Waals surface area contributed by atoms with E-state index in [9.17, 15) is 5.11 Å². The number of hydrogen-bond donors (Lipinski definition) is 2. The molecule has 1 heterocycles. The number of rotatable bonds is 5. The van der Waals surface area contributed by atoms with Crippen molar-refractivity contribution in [3.8, 4) is 5.88 Å². The molecule has 22 heavy (non-hydrogen) atoms. The number of aromatic amines is 1. The highest BCUT2D eigenvalue weighted by atomic mass is 35.5. The van der Waals surface area contributed by atoms with Crippen molar-refractivity contribution < 1.29 is 5.11 Å². The molecule has 0 unspecified atom stereocenters. The van der Waals surface area contributed by atoms with E-state index in [1.54, 1.807) is 12.3 Å². The number of H-pyrrole nitrogens is 1. The number of aromatic hydroxyl groups is 1. The van der Waals surface area contributed by atoms with Gasteiger partial charge in [-0.05, 0) is 30.5 Å². The van der Waals surface area contributed by atoms with E-state index >= 15 is 0 Å². The van der Waals surface area contributed by atoms with Gasteiger partial charge >= 0.3 is 0 Å². The molecule has 0 saturated heterocycles. The molecule has 3 rings (SSSR count). The van der Waals surface area contributed by atoms with Crippen molar-refractivity contribution in [1.29, 1.82) is 0 Å². The quantitative estimate of drug-likeness (QED) is 0.526. The first-order chi connectivity index (χ1) is 10.7. The summed E-state index contributed by atoms with van der Waals surface area (Å²) in [5.74, 6) is 0.129. The standard InChI is InChI=1S/C18H17ClN2O/c19-14-8-9-15-16(18(22)21-17(15)11-14)12-20-10-4-7-13-5-2-1-3-6-13/h1-3,5-6,8-9,11-12,21-22H,4,7,10H2. The molecule has 0 saturated carbocycles. The van der Waals surface area contributed by atoms with Gasteiger partial charge in [0.2, 0.25) is 0 Å². The van der Waals surface area contributed by atoms with Crippen LogP contribution in [0.1, 0.15) is 17.5 Å². The summed E-state index contributed by atoms with van der Waals surface area (Å²) in [7, 11) is 0. The average Bonchev–Trinajstić information content (AvgIpc) is 2.83. The van der Waals surface area contributed by atoms with Crippen molar-refractivity contribution >= 4 is 28.7 Å². The minimum Gasteiger partial charge on any atom is -0.494 e. The van der Waals surface area contributed by atoms with Crippen LogP contribution < -0.4 is 0 Å². The van der Waals surface area contributed by atoms with Gasteiger partial charge in [-0.3, -0.25) is 4.99 Å². The number of halogens is 1. The third-order valence-electron chi connectivity index (χ3n) is 3.60. The van der Waals surface area contributed by atoms with E-state index < -0.39 is 0 Å². The van der Waals surface area contributed by atoms with Gasteiger partial charge in [0, 0.05) is 23.2 Å². The number of benzene rings is 2. The molecule has 0 amide bonds. The smallest absolute Gasteiger partial charge is 0.198 e. The van der Waals surface area contributed by atoms with Gasteiger partial charge in [0.05, 0.1) is 11.1 Å². The summed E-state index contributed by atoms with van der Waals surface area (Å²) in [6, 6.07) is 15.9. The lowest BCUT2D eigenvalue weighted by atomic mass is 10.1. The summed E-state index contributed by atoms with van der Waals surface area (Å²) in [5, 5.41) is 11.5. The Morgan fingerprint density at radius 2 is 1.95 bits per heavy atom. The van der Waals surface area contributed by atoms with Gasteiger partial charge in [-0.2, -0.15) is 0 Å². The molecule has 0 spiro atoms. The van der Waals surface area contributed by atoms with Crippen LogP contribution in [0.15, 0.2) is 53.5 Å². The molecule has 0 bridgehead atoms. The SMILES string of the molecule is Oc1[nH]c2cc(Cl)ccc2c1C=NCCCc1ccccc1. The fourth-order valence-electron chi connectivity index (χ4n) is 2.48. The highest BCUT2D eigenvalue weighted by Crippen LogP contribution is 2.27. The molecule has 0 atom stereocenters. The number of aromatic nitrogens is 1. The fraction of sp³-hybridized carbons (Fsp3) is 0.167. The number of fused-ring (bicyclic) bond motifs is 1. The van der Waals surface area contributed by atoms with Gasteiger partial charge in [-0.25, -0.2) is 0 Å². The van der Waals surface area contributed by atoms with E-state index in [0.29, 0.717) is 10.6 Å². The minimum atomic E-state index is 0.129. The molecular weight excluding hydrogens is 296 g/mol. The summed E-state index contributed by atoms with van der Waals surface area (Å²) >= 11 is 5.95. The number of aryl methyl sites for hydroxylation is 1. The molecule has 0 aliphatic carbocycles. The fourth-order valence-corrected chi connectivity index (χ4v) is 2.65. The van der Waals surface area contributed by atoms with E-state index in [0.717, 1.165) is 30.3 Å². The molecule has 0 aliphatic heterocycles. The molecule has 3 aromatic rings. The lowest BCUT2D eigenvalue weighted by molar-refractivity contribution is 0.457. The third kappa shape index (κ3) is 3.31. The van der Waals surface area contributed by atoms with Crippen LogP contribution in [0, 0.1) is 0 Å². The number of hydrogen-bond acceptors (Lipinski definition) is 2. The van der Waals surface area contributed by atoms with Crippen LogP contribution >= 0.6 is 11.6 Å². The van der Waals surface area contributed by atoms with Crippen LogP contribution in [0.3, 0.4) is 0 Å². The number of nitrogens with one attached hydrogen (secondary N) is 1. The van der Waals surface area contributed by atoms with E-state index in [-0.39, 0.29) is 5.88 Å². The first-order valence-corrected chi connectivity index (χ1v) is 7.66. The maximum Gasteiger partial charge on any atom is 0.198 e. The van der Waals surface area contributed by atoms with Gasteiger partial charge in [0.25, 0.3) is 0 Å². The minimum absolute atomic E-state index is 0.129. The first-order valence-electron chi connectivity index (χ1n) is 7.28. The van der Waals surface area contributed by atoms with Crippen LogP contribution in [0.4, 0.5) is 0 Å². The zero-order valence-corrected chi connectivity index (χ0v) is 12.8. The average molecular weight is 313 g/mol. The van der Waals surface area contributed by atoms with Crippen molar-refractivity contribution in [2.75, 3.05) is 6.54 Å². The Bertz CT molecular complexity index is 793. The summed E-state index contributed by atoms with van der Waals surface area (Å²) in [5.41, 5.74) is 2.85. The Balaban J connectivity index is 1.64. The highest BCUT2D eigenvalue weighted by Gasteiger charge is 2.08. The van der Waals surface area contributed by atoms with Crippen molar-refractivity contribution in [2.45, 2.75) is 12.8 Å². The zero-order valence-electron chi connectivity index (χ0n) is 12.1. The van der Waals surface area contributed by atoms with Gasteiger partial charge < -0.3 is 10.1 Å². The van der Waals surface area contributed by atoms with Crippen molar-refractivity contribution in [3.05, 3.63) is 64.7 Å². The van der Waals surface area contributed by atoms with Crippen LogP contribution in [-0.2, 0) is 6.42 Å². The summed E-state index contributed by atoms with van der Waals surface area (Å²) in [6.45, 7) is 0.731. The molecule has 3 nitrogen and oxygen atoms in total. The monoisotopic (exact) mass is 312 g/mol. The predicted octanol–water partition coefficient (Wildman–Crippen LogP) is 4.58. The molecule has 4 heteroatoms. The van der Waals surface area contributed by atoms with E-state index in [2.05, 4.69) is 22.1 Å². The Morgan fingerprint density at radius 3 is 2.77 bits per heavy atom. The Hall–Kier alpha value is -2.26. The second kappa shape index (κ2) is 6.67. The Labute approximate surface area is 134 Å². The van der Waals surface area contributed by atoms with Crippen molar-refractivity contribution in [1.82, 2.24) is 4.98 Å². The van der Waals surface area contributed by atoms with Crippen LogP contribution in [0.2, 0.25) is 5.02 Å². The second-order valence-electron chi connectivity index (χ2n) is 5.20. The molecule has 112 valence electrons. The lowest BCUT2D eigenvalue weighted by Gasteiger charge is -1.98. The molecule has 0 radical (unpaired) electrons. The summed E-state index contributed by atoms with van der Waals surface area (Å²) in [4.78, 5) is 7.34. The molecule has 0 fully saturated rings. The topological polar surface area (TPSA) is 48.4 Å². The predicted molar refractivity (Wildman–Crippen MR) is 92.2 cm³/mol. The van der Waals surface area contributed by atoms with Crippen LogP contribution in [0.25, 0.3) is 10.9 Å². The largest absolute Gasteiger partial charge is 0.494 e. The normalized spacial score (nSPS) is 11.5. The summed E-state index contributed by atoms with van der Waals surface area (Å²) < 4.78 is 0. The molecule has 2 N–H and O–H groups in total. The zero-order chi connectivity index (χ0) is 15.4. The molecule has 0 aliphatic rings. The van der Waals surface area contributed by atoms with Crippen molar-refractivity contribution in [2.24, 2.45) is 4.99 Å². The first kappa shape index (κ1) is 14.7. The maximum atomic E-state index is 9.97. The van der Waals surface area contributed by atoms with Gasteiger partial charge in [-0.15, -0.1) is 0 Å². The third-order valence-corrected chi connectivity index (χ3v) is 3.83. The Morgan fingerprint density at radius 1 is 1.14 bits per heavy atom. The maximum absolute atomic E-state index is 9.97. The van der Waals surface area contributed by atoms with Crippen LogP contribution in [0.5, 0.6) is 5.88 Å². The van der Waals surface area contributed by atoms with Gasteiger partial charge in [-0.1, -0.05) is 48.0 Å². The highest BCUT2D eigenvalue weighted by molar-refractivity contribution is 6.31. The number of aliphatic imine (C=N–C) groups is 1. The molecule has 2 aromatic carbocycles. The molecular formula is C18H17ClN2O. The lowest BCUT2D eigenvalue weighted by Crippen LogP contribution is -1.89. The van der Waals surface area contributed by atoms with Crippen LogP contribution in [-0.4, -0.2) is 22.8 Å². The second-order valence-corrected chi connectivity index (χ2v) is 5.64. The van der Waals surface area contributed by atoms with E-state index in [1.165, 1.54) is 5.56 Å². The van der Waals surface area contributed by atoms with E-state index in [4.69, 9.17) is 11.6 Å². The van der Waals surface area contributed by atoms with Gasteiger partial charge in [0.15, 0.2) is 5.88 Å². The Kier molecular flexibility index (Phi) is 4.45. The number of nitrogens with zero attached hydrogens (tertiary/aromatic N) is 1. The molecule has 1 aromatic heterocycles. The van der Waals surface area contributed by atoms with Gasteiger partial charge in [0.1, 0.15) is 0 Å². The van der Waals surface area contributed by atoms with E-state index in [1.807, 2.05) is 30.3 Å².